The van der Waals surface area contributed by atoms with E-state index in [4.69, 9.17) is 4.74 Å². The zero-order chi connectivity index (χ0) is 13.0. The number of alkyl halides is 1. The van der Waals surface area contributed by atoms with Gasteiger partial charge in [0.25, 0.3) is 0 Å². The molecule has 2 aromatic rings. The van der Waals surface area contributed by atoms with E-state index in [1.807, 2.05) is 24.4 Å². The van der Waals surface area contributed by atoms with Crippen LogP contribution in [0.5, 0.6) is 5.75 Å². The molecule has 0 amide bonds. The molecule has 3 nitrogen and oxygen atoms in total. The number of aryl methyl sites for hydroxylation is 1. The Morgan fingerprint density at radius 3 is 2.89 bits per heavy atom. The number of carbonyl (C=O) groups is 1. The number of aldehydes is 1. The first-order valence-electron chi connectivity index (χ1n) is 5.98. The maximum atomic E-state index is 11.1. The average Bonchev–Trinajstić information content (AvgIpc) is 2.76. The SMILES string of the molecule is COc1ccc2c(c1)c(C=O)cn2CCCCI. The summed E-state index contributed by atoms with van der Waals surface area (Å²) in [6.45, 7) is 0.958. The van der Waals surface area contributed by atoms with Gasteiger partial charge in [-0.3, -0.25) is 4.79 Å². The van der Waals surface area contributed by atoms with Crippen molar-refractivity contribution in [3.63, 3.8) is 0 Å². The minimum atomic E-state index is 0.735. The number of hydrogen-bond donors (Lipinski definition) is 0. The predicted octanol–water partition coefficient (Wildman–Crippen LogP) is 3.68. The van der Waals surface area contributed by atoms with Gasteiger partial charge in [0.15, 0.2) is 6.29 Å². The fourth-order valence-electron chi connectivity index (χ4n) is 2.09. The summed E-state index contributed by atoms with van der Waals surface area (Å²) in [7, 11) is 1.64. The van der Waals surface area contributed by atoms with Gasteiger partial charge in [-0.05, 0) is 35.5 Å². The Kier molecular flexibility index (Phi) is 4.63. The molecule has 0 radical (unpaired) electrons. The Bertz CT molecular complexity index is 548. The smallest absolute Gasteiger partial charge is 0.152 e. The molecule has 18 heavy (non-hydrogen) atoms. The third kappa shape index (κ3) is 2.68. The molecule has 0 bridgehead atoms. The predicted molar refractivity (Wildman–Crippen MR) is 82.0 cm³/mol. The highest BCUT2D eigenvalue weighted by molar-refractivity contribution is 14.1. The summed E-state index contributed by atoms with van der Waals surface area (Å²) in [6, 6.07) is 5.88. The number of nitrogens with zero attached hydrogens (tertiary/aromatic N) is 1. The summed E-state index contributed by atoms with van der Waals surface area (Å²) >= 11 is 2.39. The Balaban J connectivity index is 2.39. The molecular formula is C14H16INO2. The van der Waals surface area contributed by atoms with E-state index in [-0.39, 0.29) is 0 Å². The summed E-state index contributed by atoms with van der Waals surface area (Å²) in [5.74, 6) is 0.788. The van der Waals surface area contributed by atoms with Crippen LogP contribution in [0, 0.1) is 0 Å². The van der Waals surface area contributed by atoms with Crippen LogP contribution in [0.25, 0.3) is 10.9 Å². The number of rotatable bonds is 6. The summed E-state index contributed by atoms with van der Waals surface area (Å²) < 4.78 is 8.53. The zero-order valence-corrected chi connectivity index (χ0v) is 12.5. The number of aromatic nitrogens is 1. The molecule has 1 aromatic heterocycles. The number of methoxy groups -OCH3 is 1. The number of fused-ring (bicyclic) bond motifs is 1. The lowest BCUT2D eigenvalue weighted by molar-refractivity contribution is 0.112. The van der Waals surface area contributed by atoms with Crippen LogP contribution in [0.4, 0.5) is 0 Å². The van der Waals surface area contributed by atoms with Gasteiger partial charge in [0.1, 0.15) is 5.75 Å². The molecule has 2 rings (SSSR count). The van der Waals surface area contributed by atoms with Gasteiger partial charge in [-0.15, -0.1) is 0 Å². The molecule has 0 fully saturated rings. The van der Waals surface area contributed by atoms with Crippen molar-refractivity contribution in [1.29, 1.82) is 0 Å². The lowest BCUT2D eigenvalue weighted by atomic mass is 10.2. The van der Waals surface area contributed by atoms with Gasteiger partial charge in [-0.1, -0.05) is 22.6 Å². The average molecular weight is 357 g/mol. The van der Waals surface area contributed by atoms with Gasteiger partial charge in [-0.25, -0.2) is 0 Å². The molecule has 0 saturated heterocycles. The normalized spacial score (nSPS) is 10.8. The molecule has 0 aliphatic carbocycles. The van der Waals surface area contributed by atoms with Crippen molar-refractivity contribution < 1.29 is 9.53 Å². The second-order valence-corrected chi connectivity index (χ2v) is 5.25. The molecular weight excluding hydrogens is 341 g/mol. The molecule has 0 aliphatic heterocycles. The number of hydrogen-bond acceptors (Lipinski definition) is 2. The molecule has 0 unspecified atom stereocenters. The van der Waals surface area contributed by atoms with E-state index in [9.17, 15) is 4.79 Å². The topological polar surface area (TPSA) is 31.2 Å². The molecule has 0 aliphatic rings. The molecule has 0 saturated carbocycles. The molecule has 1 aromatic carbocycles. The van der Waals surface area contributed by atoms with E-state index < -0.39 is 0 Å². The van der Waals surface area contributed by atoms with Crippen molar-refractivity contribution in [3.8, 4) is 5.75 Å². The Morgan fingerprint density at radius 1 is 1.39 bits per heavy atom. The second kappa shape index (κ2) is 6.22. The van der Waals surface area contributed by atoms with Crippen molar-refractivity contribution in [3.05, 3.63) is 30.0 Å². The standard InChI is InChI=1S/C14H16INO2/c1-18-12-4-5-14-13(8-12)11(10-17)9-16(14)7-3-2-6-15/h4-5,8-10H,2-3,6-7H2,1H3. The summed E-state index contributed by atoms with van der Waals surface area (Å²) in [6.07, 6.45) is 5.19. The lowest BCUT2D eigenvalue weighted by Gasteiger charge is -2.05. The van der Waals surface area contributed by atoms with E-state index in [1.54, 1.807) is 7.11 Å². The molecule has 0 spiro atoms. The number of benzene rings is 1. The van der Waals surface area contributed by atoms with Crippen LogP contribution in [0.1, 0.15) is 23.2 Å². The number of carbonyl (C=O) groups excluding carboxylic acids is 1. The maximum absolute atomic E-state index is 11.1. The van der Waals surface area contributed by atoms with Gasteiger partial charge in [0, 0.05) is 29.2 Å². The molecule has 1 heterocycles. The summed E-state index contributed by atoms with van der Waals surface area (Å²) in [5, 5.41) is 0.971. The van der Waals surface area contributed by atoms with Crippen molar-refractivity contribution in [1.82, 2.24) is 4.57 Å². The van der Waals surface area contributed by atoms with Crippen molar-refractivity contribution in [2.24, 2.45) is 0 Å². The van der Waals surface area contributed by atoms with Crippen molar-refractivity contribution in [2.45, 2.75) is 19.4 Å². The van der Waals surface area contributed by atoms with Crippen molar-refractivity contribution in [2.75, 3.05) is 11.5 Å². The number of halogens is 1. The first-order chi connectivity index (χ1) is 8.80. The van der Waals surface area contributed by atoms with E-state index in [2.05, 4.69) is 27.2 Å². The van der Waals surface area contributed by atoms with Gasteiger partial charge < -0.3 is 9.30 Å². The lowest BCUT2D eigenvalue weighted by Crippen LogP contribution is -1.96. The second-order valence-electron chi connectivity index (χ2n) is 4.17. The van der Waals surface area contributed by atoms with E-state index in [1.165, 1.54) is 10.8 Å². The van der Waals surface area contributed by atoms with E-state index in [0.29, 0.717) is 0 Å². The first-order valence-corrected chi connectivity index (χ1v) is 7.50. The van der Waals surface area contributed by atoms with Gasteiger partial charge in [0.2, 0.25) is 0 Å². The Hall–Kier alpha value is -1.04. The van der Waals surface area contributed by atoms with Crippen LogP contribution in [-0.2, 0) is 6.54 Å². The van der Waals surface area contributed by atoms with Gasteiger partial charge in [0.05, 0.1) is 7.11 Å². The van der Waals surface area contributed by atoms with Crippen LogP contribution in [0.15, 0.2) is 24.4 Å². The van der Waals surface area contributed by atoms with Crippen LogP contribution in [-0.4, -0.2) is 22.4 Å². The number of unbranched alkanes of at least 4 members (excludes halogenated alkanes) is 1. The van der Waals surface area contributed by atoms with Gasteiger partial charge in [-0.2, -0.15) is 0 Å². The van der Waals surface area contributed by atoms with Crippen LogP contribution >= 0.6 is 22.6 Å². The van der Waals surface area contributed by atoms with Crippen molar-refractivity contribution >= 4 is 39.8 Å². The highest BCUT2D eigenvalue weighted by Crippen LogP contribution is 2.25. The Labute approximate surface area is 120 Å². The van der Waals surface area contributed by atoms with Crippen LogP contribution < -0.4 is 4.74 Å². The third-order valence-electron chi connectivity index (χ3n) is 3.03. The maximum Gasteiger partial charge on any atom is 0.152 e. The fraction of sp³-hybridized carbons (Fsp3) is 0.357. The molecule has 4 heteroatoms. The molecule has 96 valence electrons. The third-order valence-corrected chi connectivity index (χ3v) is 3.79. The van der Waals surface area contributed by atoms with Crippen LogP contribution in [0.2, 0.25) is 0 Å². The fourth-order valence-corrected chi connectivity index (χ4v) is 2.63. The largest absolute Gasteiger partial charge is 0.497 e. The highest BCUT2D eigenvalue weighted by atomic mass is 127. The monoisotopic (exact) mass is 357 g/mol. The van der Waals surface area contributed by atoms with E-state index in [0.717, 1.165) is 41.5 Å². The molecule has 0 atom stereocenters. The first kappa shape index (κ1) is 13.4. The minimum Gasteiger partial charge on any atom is -0.497 e. The Morgan fingerprint density at radius 2 is 2.22 bits per heavy atom. The quantitative estimate of drug-likeness (QED) is 0.342. The summed E-state index contributed by atoms with van der Waals surface area (Å²) in [5.41, 5.74) is 1.84. The minimum absolute atomic E-state index is 0.735. The van der Waals surface area contributed by atoms with Crippen LogP contribution in [0.3, 0.4) is 0 Å². The van der Waals surface area contributed by atoms with Gasteiger partial charge >= 0.3 is 0 Å². The summed E-state index contributed by atoms with van der Waals surface area (Å²) in [4.78, 5) is 11.1. The number of ether oxygens (including phenoxy) is 1. The highest BCUT2D eigenvalue weighted by Gasteiger charge is 2.08. The van der Waals surface area contributed by atoms with E-state index >= 15 is 0 Å². The zero-order valence-electron chi connectivity index (χ0n) is 10.4. The molecule has 0 N–H and O–H groups in total.